The van der Waals surface area contributed by atoms with Crippen LogP contribution in [0.3, 0.4) is 0 Å². The van der Waals surface area contributed by atoms with E-state index in [0.29, 0.717) is 15.8 Å². The third-order valence-corrected chi connectivity index (χ3v) is 3.28. The zero-order valence-corrected chi connectivity index (χ0v) is 10.7. The smallest absolute Gasteiger partial charge is 0.139 e. The Hall–Kier alpha value is -1.75. The summed E-state index contributed by atoms with van der Waals surface area (Å²) >= 11 is 3.29. The van der Waals surface area contributed by atoms with Crippen molar-refractivity contribution in [3.05, 3.63) is 58.8 Å². The minimum atomic E-state index is -0.329. The molecule has 0 amide bonds. The monoisotopic (exact) mass is 308 g/mol. The molecule has 0 aliphatic carbocycles. The van der Waals surface area contributed by atoms with E-state index >= 15 is 0 Å². The van der Waals surface area contributed by atoms with Gasteiger partial charge in [-0.15, -0.1) is 0 Å². The lowest BCUT2D eigenvalue weighted by molar-refractivity contribution is 0.619. The predicted octanol–water partition coefficient (Wildman–Crippen LogP) is 4.04. The minimum Gasteiger partial charge on any atom is -0.304 e. The molecule has 0 atom stereocenters. The fourth-order valence-corrected chi connectivity index (χ4v) is 2.35. The first-order chi connectivity index (χ1) is 8.63. The molecule has 2 nitrogen and oxygen atoms in total. The van der Waals surface area contributed by atoms with Crippen molar-refractivity contribution in [3.8, 4) is 11.3 Å². The van der Waals surface area contributed by atoms with Crippen molar-refractivity contribution >= 4 is 21.6 Å². The number of hydrogen-bond acceptors (Lipinski definition) is 1. The van der Waals surface area contributed by atoms with Gasteiger partial charge in [-0.1, -0.05) is 0 Å². The van der Waals surface area contributed by atoms with Gasteiger partial charge in [-0.3, -0.25) is 0 Å². The van der Waals surface area contributed by atoms with E-state index in [-0.39, 0.29) is 11.6 Å². The average Bonchev–Trinajstić information content (AvgIpc) is 2.71. The van der Waals surface area contributed by atoms with Crippen LogP contribution in [0.2, 0.25) is 0 Å². The van der Waals surface area contributed by atoms with Crippen LogP contribution in [0, 0.1) is 11.6 Å². The number of imidazole rings is 1. The summed E-state index contributed by atoms with van der Waals surface area (Å²) in [6.45, 7) is 0. The molecule has 0 saturated heterocycles. The second-order valence-corrected chi connectivity index (χ2v) is 4.72. The zero-order valence-electron chi connectivity index (χ0n) is 9.07. The molecule has 0 radical (unpaired) electrons. The largest absolute Gasteiger partial charge is 0.304 e. The highest BCUT2D eigenvalue weighted by Crippen LogP contribution is 2.28. The predicted molar refractivity (Wildman–Crippen MR) is 68.2 cm³/mol. The Morgan fingerprint density at radius 2 is 1.78 bits per heavy atom. The Morgan fingerprint density at radius 3 is 2.56 bits per heavy atom. The van der Waals surface area contributed by atoms with Crippen LogP contribution >= 0.6 is 15.9 Å². The molecular weight excluding hydrogens is 302 g/mol. The molecule has 0 aliphatic rings. The van der Waals surface area contributed by atoms with Gasteiger partial charge in [0.2, 0.25) is 0 Å². The number of halogens is 3. The van der Waals surface area contributed by atoms with E-state index in [4.69, 9.17) is 0 Å². The van der Waals surface area contributed by atoms with Gasteiger partial charge in [0.05, 0.1) is 5.69 Å². The van der Waals surface area contributed by atoms with Crippen molar-refractivity contribution in [3.63, 3.8) is 0 Å². The van der Waals surface area contributed by atoms with Crippen molar-refractivity contribution in [1.82, 2.24) is 9.38 Å². The summed E-state index contributed by atoms with van der Waals surface area (Å²) in [6, 6.07) is 7.32. The maximum atomic E-state index is 13.1. The third kappa shape index (κ3) is 1.90. The number of rotatable bonds is 1. The van der Waals surface area contributed by atoms with Crippen LogP contribution in [0.1, 0.15) is 0 Å². The van der Waals surface area contributed by atoms with Crippen LogP contribution in [0.5, 0.6) is 0 Å². The third-order valence-electron chi connectivity index (χ3n) is 2.62. The van der Waals surface area contributed by atoms with Crippen LogP contribution in [0.15, 0.2) is 47.2 Å². The average molecular weight is 309 g/mol. The lowest BCUT2D eigenvalue weighted by Crippen LogP contribution is -1.83. The second-order valence-electron chi connectivity index (χ2n) is 3.86. The van der Waals surface area contributed by atoms with Crippen LogP contribution in [-0.2, 0) is 0 Å². The summed E-state index contributed by atoms with van der Waals surface area (Å²) in [7, 11) is 0. The summed E-state index contributed by atoms with van der Waals surface area (Å²) in [5.41, 5.74) is 2.07. The quantitative estimate of drug-likeness (QED) is 0.663. The van der Waals surface area contributed by atoms with Gasteiger partial charge in [-0.2, -0.15) is 0 Å². The van der Waals surface area contributed by atoms with Gasteiger partial charge < -0.3 is 4.40 Å². The fourth-order valence-electron chi connectivity index (χ4n) is 1.79. The van der Waals surface area contributed by atoms with Gasteiger partial charge >= 0.3 is 0 Å². The number of fused-ring (bicyclic) bond motifs is 1. The zero-order chi connectivity index (χ0) is 12.7. The molecule has 18 heavy (non-hydrogen) atoms. The molecule has 0 aliphatic heterocycles. The molecule has 2 aromatic heterocycles. The first-order valence-electron chi connectivity index (χ1n) is 5.23. The molecule has 0 unspecified atom stereocenters. The topological polar surface area (TPSA) is 17.3 Å². The molecular formula is C13H7BrF2N2. The lowest BCUT2D eigenvalue weighted by Gasteiger charge is -1.99. The van der Waals surface area contributed by atoms with E-state index < -0.39 is 0 Å². The Bertz CT molecular complexity index is 737. The number of aromatic nitrogens is 2. The van der Waals surface area contributed by atoms with Crippen molar-refractivity contribution in [2.45, 2.75) is 0 Å². The highest BCUT2D eigenvalue weighted by atomic mass is 79.9. The highest BCUT2D eigenvalue weighted by Gasteiger charge is 2.09. The van der Waals surface area contributed by atoms with E-state index in [1.807, 2.05) is 0 Å². The normalized spacial score (nSPS) is 11.1. The van der Waals surface area contributed by atoms with Gasteiger partial charge in [0.25, 0.3) is 0 Å². The second kappa shape index (κ2) is 4.17. The van der Waals surface area contributed by atoms with E-state index in [9.17, 15) is 8.78 Å². The van der Waals surface area contributed by atoms with Crippen LogP contribution in [0.25, 0.3) is 16.9 Å². The molecule has 5 heteroatoms. The molecule has 0 bridgehead atoms. The van der Waals surface area contributed by atoms with E-state index in [0.717, 1.165) is 5.56 Å². The lowest BCUT2D eigenvalue weighted by atomic mass is 10.2. The van der Waals surface area contributed by atoms with Gasteiger partial charge in [0, 0.05) is 22.4 Å². The van der Waals surface area contributed by atoms with Crippen molar-refractivity contribution < 1.29 is 8.78 Å². The van der Waals surface area contributed by atoms with Crippen LogP contribution < -0.4 is 0 Å². The molecule has 3 aromatic rings. The van der Waals surface area contributed by atoms with Crippen molar-refractivity contribution in [2.24, 2.45) is 0 Å². The SMILES string of the molecule is Fc1ccc(-c2cn3cc(F)ccc3n2)c(Br)c1. The molecule has 0 fully saturated rings. The maximum Gasteiger partial charge on any atom is 0.139 e. The van der Waals surface area contributed by atoms with Gasteiger partial charge in [0.15, 0.2) is 0 Å². The summed E-state index contributed by atoms with van der Waals surface area (Å²) in [5.74, 6) is -0.648. The first kappa shape index (κ1) is 11.3. The van der Waals surface area contributed by atoms with E-state index in [2.05, 4.69) is 20.9 Å². The number of benzene rings is 1. The molecule has 1 aromatic carbocycles. The summed E-state index contributed by atoms with van der Waals surface area (Å²) < 4.78 is 28.3. The molecule has 0 spiro atoms. The Kier molecular flexibility index (Phi) is 2.63. The van der Waals surface area contributed by atoms with E-state index in [1.165, 1.54) is 24.4 Å². The maximum absolute atomic E-state index is 13.1. The minimum absolute atomic E-state index is 0.319. The highest BCUT2D eigenvalue weighted by molar-refractivity contribution is 9.10. The van der Waals surface area contributed by atoms with E-state index in [1.54, 1.807) is 22.7 Å². The summed E-state index contributed by atoms with van der Waals surface area (Å²) in [6.07, 6.45) is 3.06. The standard InChI is InChI=1S/C13H7BrF2N2/c14-11-5-8(15)1-3-10(11)12-7-18-6-9(16)2-4-13(18)17-12/h1-7H. The van der Waals surface area contributed by atoms with Crippen molar-refractivity contribution in [2.75, 3.05) is 0 Å². The molecule has 2 heterocycles. The Balaban J connectivity index is 2.19. The fraction of sp³-hybridized carbons (Fsp3) is 0. The number of nitrogens with zero attached hydrogens (tertiary/aromatic N) is 2. The van der Waals surface area contributed by atoms with Gasteiger partial charge in [0.1, 0.15) is 17.3 Å². The molecule has 3 rings (SSSR count). The summed E-state index contributed by atoms with van der Waals surface area (Å²) in [4.78, 5) is 4.36. The summed E-state index contributed by atoms with van der Waals surface area (Å²) in [5, 5.41) is 0. The Morgan fingerprint density at radius 1 is 1.00 bits per heavy atom. The van der Waals surface area contributed by atoms with Crippen molar-refractivity contribution in [1.29, 1.82) is 0 Å². The molecule has 0 N–H and O–H groups in total. The van der Waals surface area contributed by atoms with Crippen LogP contribution in [-0.4, -0.2) is 9.38 Å². The van der Waals surface area contributed by atoms with Gasteiger partial charge in [-0.05, 0) is 46.3 Å². The Labute approximate surface area is 110 Å². The van der Waals surface area contributed by atoms with Crippen LogP contribution in [0.4, 0.5) is 8.78 Å². The molecule has 90 valence electrons. The number of pyridine rings is 1. The number of hydrogen-bond donors (Lipinski definition) is 0. The van der Waals surface area contributed by atoms with Gasteiger partial charge in [-0.25, -0.2) is 13.8 Å². The molecule has 0 saturated carbocycles. The first-order valence-corrected chi connectivity index (χ1v) is 6.02.